The van der Waals surface area contributed by atoms with Gasteiger partial charge in [-0.3, -0.25) is 0 Å². The Labute approximate surface area is 120 Å². The zero-order valence-corrected chi connectivity index (χ0v) is 12.0. The van der Waals surface area contributed by atoms with Gasteiger partial charge in [0.05, 0.1) is 6.07 Å². The third kappa shape index (κ3) is 2.57. The molecule has 2 aromatic carbocycles. The van der Waals surface area contributed by atoms with Crippen molar-refractivity contribution in [2.45, 2.75) is 11.8 Å². The van der Waals surface area contributed by atoms with E-state index in [0.717, 1.165) is 10.9 Å². The molecule has 0 aliphatic rings. The fraction of sp³-hybridized carbons (Fsp3) is 0.118. The molecular weight excluding hydrogens is 268 g/mol. The van der Waals surface area contributed by atoms with Gasteiger partial charge in [-0.05, 0) is 28.6 Å². The molecule has 0 bridgehead atoms. The Hall–Kier alpha value is -2.15. The van der Waals surface area contributed by atoms with Crippen molar-refractivity contribution >= 4 is 14.5 Å². The van der Waals surface area contributed by atoms with Gasteiger partial charge in [0.2, 0.25) is 0 Å². The number of benzene rings is 2. The molecule has 2 atom stereocenters. The number of halogens is 1. The van der Waals surface area contributed by atoms with E-state index in [4.69, 9.17) is 6.42 Å². The summed E-state index contributed by atoms with van der Waals surface area (Å²) in [5, 5.41) is 10.7. The van der Waals surface area contributed by atoms with E-state index in [-0.39, 0.29) is 12.2 Å². The van der Waals surface area contributed by atoms with Crippen molar-refractivity contribution in [1.82, 2.24) is 0 Å². The van der Waals surface area contributed by atoms with Crippen LogP contribution in [0.1, 0.15) is 17.5 Å². The van der Waals surface area contributed by atoms with Crippen LogP contribution in [0.3, 0.4) is 0 Å². The van der Waals surface area contributed by atoms with Gasteiger partial charge in [-0.25, -0.2) is 4.39 Å². The summed E-state index contributed by atoms with van der Waals surface area (Å²) < 4.78 is 13.5. The maximum absolute atomic E-state index is 13.5. The van der Waals surface area contributed by atoms with Gasteiger partial charge in [-0.2, -0.15) is 5.26 Å². The molecule has 2 aromatic rings. The Kier molecular flexibility index (Phi) is 4.19. The highest BCUT2D eigenvalue weighted by Crippen LogP contribution is 2.35. The summed E-state index contributed by atoms with van der Waals surface area (Å²) in [5.74, 6) is 2.17. The van der Waals surface area contributed by atoms with Gasteiger partial charge in [-0.15, -0.1) is 21.6 Å². The van der Waals surface area contributed by atoms with Gasteiger partial charge in [0, 0.05) is 6.42 Å². The molecule has 0 heterocycles. The average molecular weight is 281 g/mol. The molecule has 0 radical (unpaired) electrons. The SMILES string of the molecule is C#CCC(C#N)(c1ccc(P)cc1)c1cccc(F)c1. The maximum Gasteiger partial charge on any atom is 0.123 e. The molecule has 0 aliphatic heterocycles. The summed E-state index contributed by atoms with van der Waals surface area (Å²) in [6, 6.07) is 15.8. The monoisotopic (exact) mass is 281 g/mol. The molecule has 98 valence electrons. The van der Waals surface area contributed by atoms with Crippen LogP contribution in [0.25, 0.3) is 0 Å². The smallest absolute Gasteiger partial charge is 0.123 e. The molecule has 2 rings (SSSR count). The van der Waals surface area contributed by atoms with Crippen LogP contribution in [0, 0.1) is 29.5 Å². The zero-order chi connectivity index (χ0) is 14.6. The first-order valence-electron chi connectivity index (χ1n) is 6.09. The number of rotatable bonds is 3. The molecule has 0 amide bonds. The number of terminal acetylenes is 1. The average Bonchev–Trinajstić information content (AvgIpc) is 2.46. The van der Waals surface area contributed by atoms with E-state index < -0.39 is 5.41 Å². The lowest BCUT2D eigenvalue weighted by atomic mass is 9.73. The Morgan fingerprint density at radius 2 is 1.85 bits per heavy atom. The molecule has 0 spiro atoms. The summed E-state index contributed by atoms with van der Waals surface area (Å²) in [6.07, 6.45) is 5.63. The highest BCUT2D eigenvalue weighted by atomic mass is 31.0. The number of nitrogens with zero attached hydrogens (tertiary/aromatic N) is 1. The van der Waals surface area contributed by atoms with Crippen LogP contribution in [0.2, 0.25) is 0 Å². The summed E-state index contributed by atoms with van der Waals surface area (Å²) >= 11 is 0. The van der Waals surface area contributed by atoms with E-state index in [2.05, 4.69) is 21.2 Å². The minimum absolute atomic E-state index is 0.198. The zero-order valence-electron chi connectivity index (χ0n) is 10.8. The van der Waals surface area contributed by atoms with Crippen LogP contribution in [0.15, 0.2) is 48.5 Å². The van der Waals surface area contributed by atoms with Gasteiger partial charge in [0.25, 0.3) is 0 Å². The van der Waals surface area contributed by atoms with Gasteiger partial charge in [-0.1, -0.05) is 36.4 Å². The quantitative estimate of drug-likeness (QED) is 0.626. The molecular formula is C17H13FNP. The lowest BCUT2D eigenvalue weighted by Crippen LogP contribution is -2.25. The lowest BCUT2D eigenvalue weighted by Gasteiger charge is -2.26. The van der Waals surface area contributed by atoms with Gasteiger partial charge in [0.1, 0.15) is 11.2 Å². The third-order valence-corrected chi connectivity index (χ3v) is 3.66. The van der Waals surface area contributed by atoms with Crippen LogP contribution >= 0.6 is 9.24 Å². The van der Waals surface area contributed by atoms with Crippen molar-refractivity contribution in [2.75, 3.05) is 0 Å². The minimum atomic E-state index is -1.02. The molecule has 0 aromatic heterocycles. The lowest BCUT2D eigenvalue weighted by molar-refractivity contribution is 0.613. The highest BCUT2D eigenvalue weighted by Gasteiger charge is 2.34. The number of nitriles is 1. The largest absolute Gasteiger partial charge is 0.207 e. The van der Waals surface area contributed by atoms with Crippen molar-refractivity contribution in [3.8, 4) is 18.4 Å². The molecule has 20 heavy (non-hydrogen) atoms. The van der Waals surface area contributed by atoms with E-state index in [9.17, 15) is 9.65 Å². The highest BCUT2D eigenvalue weighted by molar-refractivity contribution is 7.27. The molecule has 0 fully saturated rings. The minimum Gasteiger partial charge on any atom is -0.207 e. The maximum atomic E-state index is 13.5. The summed E-state index contributed by atoms with van der Waals surface area (Å²) in [7, 11) is 2.59. The van der Waals surface area contributed by atoms with E-state index >= 15 is 0 Å². The van der Waals surface area contributed by atoms with Crippen molar-refractivity contribution < 1.29 is 4.39 Å². The Balaban J connectivity index is 2.65. The van der Waals surface area contributed by atoms with Crippen LogP contribution in [-0.2, 0) is 5.41 Å². The predicted molar refractivity (Wildman–Crippen MR) is 82.0 cm³/mol. The van der Waals surface area contributed by atoms with Crippen LogP contribution in [0.5, 0.6) is 0 Å². The standard InChI is InChI=1S/C17H13FNP/c1-2-10-17(12-19,13-6-8-16(20)9-7-13)14-4-3-5-15(18)11-14/h1,3-9,11H,10,20H2. The van der Waals surface area contributed by atoms with Crippen molar-refractivity contribution in [1.29, 1.82) is 5.26 Å². The van der Waals surface area contributed by atoms with Gasteiger partial charge < -0.3 is 0 Å². The molecule has 0 aliphatic carbocycles. The fourth-order valence-electron chi connectivity index (χ4n) is 2.21. The first kappa shape index (κ1) is 14.3. The van der Waals surface area contributed by atoms with Crippen molar-refractivity contribution in [2.24, 2.45) is 0 Å². The second-order valence-corrected chi connectivity index (χ2v) is 5.20. The number of hydrogen-bond donors (Lipinski definition) is 0. The second kappa shape index (κ2) is 5.87. The van der Waals surface area contributed by atoms with Crippen LogP contribution in [0.4, 0.5) is 4.39 Å². The molecule has 0 saturated carbocycles. The molecule has 0 saturated heterocycles. The molecule has 2 unspecified atom stereocenters. The molecule has 3 heteroatoms. The fourth-order valence-corrected chi connectivity index (χ4v) is 2.41. The van der Waals surface area contributed by atoms with E-state index in [0.29, 0.717) is 5.56 Å². The summed E-state index contributed by atoms with van der Waals surface area (Å²) in [4.78, 5) is 0. The third-order valence-electron chi connectivity index (χ3n) is 3.28. The van der Waals surface area contributed by atoms with E-state index in [1.165, 1.54) is 12.1 Å². The topological polar surface area (TPSA) is 23.8 Å². The first-order valence-corrected chi connectivity index (χ1v) is 6.67. The Bertz CT molecular complexity index is 694. The second-order valence-electron chi connectivity index (χ2n) is 4.53. The van der Waals surface area contributed by atoms with E-state index in [1.54, 1.807) is 12.1 Å². The Morgan fingerprint density at radius 1 is 1.15 bits per heavy atom. The van der Waals surface area contributed by atoms with Crippen LogP contribution in [-0.4, -0.2) is 0 Å². The summed E-state index contributed by atoms with van der Waals surface area (Å²) in [5.41, 5.74) is 0.332. The van der Waals surface area contributed by atoms with Crippen molar-refractivity contribution in [3.05, 3.63) is 65.5 Å². The molecule has 1 nitrogen and oxygen atoms in total. The van der Waals surface area contributed by atoms with Crippen LogP contribution < -0.4 is 5.30 Å². The normalized spacial score (nSPS) is 13.0. The van der Waals surface area contributed by atoms with Gasteiger partial charge >= 0.3 is 0 Å². The summed E-state index contributed by atoms with van der Waals surface area (Å²) in [6.45, 7) is 0. The molecule has 0 N–H and O–H groups in total. The Morgan fingerprint density at radius 3 is 2.40 bits per heavy atom. The van der Waals surface area contributed by atoms with Gasteiger partial charge in [0.15, 0.2) is 0 Å². The van der Waals surface area contributed by atoms with E-state index in [1.807, 2.05) is 24.3 Å². The first-order chi connectivity index (χ1) is 9.62. The number of hydrogen-bond acceptors (Lipinski definition) is 1. The predicted octanol–water partition coefficient (Wildman–Crippen LogP) is 3.16. The van der Waals surface area contributed by atoms with Crippen molar-refractivity contribution in [3.63, 3.8) is 0 Å².